The van der Waals surface area contributed by atoms with Crippen LogP contribution in [0.5, 0.6) is 0 Å². The van der Waals surface area contributed by atoms with Crippen LogP contribution in [0.3, 0.4) is 0 Å². The van der Waals surface area contributed by atoms with Gasteiger partial charge in [-0.15, -0.1) is 0 Å². The quantitative estimate of drug-likeness (QED) is 0.356. The van der Waals surface area contributed by atoms with E-state index in [1.54, 1.807) is 0 Å². The van der Waals surface area contributed by atoms with E-state index in [0.29, 0.717) is 0 Å². The minimum atomic E-state index is -0.322. The van der Waals surface area contributed by atoms with Gasteiger partial charge in [0.05, 0.1) is 0 Å². The molecular formula is C10H22O4. The summed E-state index contributed by atoms with van der Waals surface area (Å²) in [7, 11) is 0. The summed E-state index contributed by atoms with van der Waals surface area (Å²) in [6, 6.07) is 0. The second kappa shape index (κ2) is 8.17. The van der Waals surface area contributed by atoms with Gasteiger partial charge in [0.25, 0.3) is 0 Å². The second-order valence-electron chi connectivity index (χ2n) is 3.57. The van der Waals surface area contributed by atoms with Gasteiger partial charge in [-0.1, -0.05) is 40.0 Å². The summed E-state index contributed by atoms with van der Waals surface area (Å²) in [4.78, 5) is 5.05. The standard InChI is InChI=1S/C10H22O4/c1-4-7-8-9-10(5-2,6-3)12-14-13-11/h11H,4-9H2,1-3H3. The zero-order valence-electron chi connectivity index (χ0n) is 9.41. The largest absolute Gasteiger partial charge is 0.219 e. The van der Waals surface area contributed by atoms with Crippen molar-refractivity contribution in [2.24, 2.45) is 0 Å². The molecule has 0 spiro atoms. The zero-order valence-corrected chi connectivity index (χ0v) is 9.41. The molecule has 0 heterocycles. The summed E-state index contributed by atoms with van der Waals surface area (Å²) >= 11 is 0. The summed E-state index contributed by atoms with van der Waals surface area (Å²) in [5, 5.41) is 15.7. The number of rotatable bonds is 9. The smallest absolute Gasteiger partial charge is 0.106 e. The minimum absolute atomic E-state index is 0.322. The van der Waals surface area contributed by atoms with Gasteiger partial charge in [0, 0.05) is 0 Å². The van der Waals surface area contributed by atoms with Crippen molar-refractivity contribution in [2.45, 2.75) is 64.9 Å². The molecule has 0 saturated heterocycles. The highest BCUT2D eigenvalue weighted by Gasteiger charge is 2.28. The van der Waals surface area contributed by atoms with Gasteiger partial charge in [-0.2, -0.15) is 4.89 Å². The van der Waals surface area contributed by atoms with Crippen LogP contribution in [0.2, 0.25) is 0 Å². The van der Waals surface area contributed by atoms with Crippen LogP contribution in [-0.2, 0) is 15.0 Å². The maximum atomic E-state index is 8.04. The third kappa shape index (κ3) is 4.91. The molecule has 0 aliphatic carbocycles. The van der Waals surface area contributed by atoms with Crippen molar-refractivity contribution in [2.75, 3.05) is 0 Å². The zero-order chi connectivity index (χ0) is 10.9. The first-order valence-electron chi connectivity index (χ1n) is 5.40. The number of hydrogen-bond acceptors (Lipinski definition) is 4. The molecule has 14 heavy (non-hydrogen) atoms. The van der Waals surface area contributed by atoms with Gasteiger partial charge in [0.2, 0.25) is 0 Å². The predicted octanol–water partition coefficient (Wildman–Crippen LogP) is 3.48. The minimum Gasteiger partial charge on any atom is -0.219 e. The Balaban J connectivity index is 3.94. The molecule has 0 aliphatic heterocycles. The topological polar surface area (TPSA) is 47.9 Å². The average molecular weight is 206 g/mol. The molecule has 0 unspecified atom stereocenters. The molecule has 86 valence electrons. The summed E-state index contributed by atoms with van der Waals surface area (Å²) in [5.41, 5.74) is -0.322. The maximum absolute atomic E-state index is 8.04. The average Bonchev–Trinajstić information content (AvgIpc) is 2.24. The van der Waals surface area contributed by atoms with Crippen molar-refractivity contribution in [1.29, 1.82) is 0 Å². The van der Waals surface area contributed by atoms with E-state index in [1.807, 2.05) is 13.8 Å². The van der Waals surface area contributed by atoms with E-state index in [-0.39, 0.29) is 5.60 Å². The third-order valence-corrected chi connectivity index (χ3v) is 2.77. The van der Waals surface area contributed by atoms with E-state index in [9.17, 15) is 0 Å². The molecular weight excluding hydrogens is 184 g/mol. The second-order valence-corrected chi connectivity index (χ2v) is 3.57. The highest BCUT2D eigenvalue weighted by molar-refractivity contribution is 4.75. The lowest BCUT2D eigenvalue weighted by molar-refractivity contribution is -0.642. The predicted molar refractivity (Wildman–Crippen MR) is 53.3 cm³/mol. The van der Waals surface area contributed by atoms with Crippen LogP contribution in [0.1, 0.15) is 59.3 Å². The molecule has 1 N–H and O–H groups in total. The highest BCUT2D eigenvalue weighted by Crippen LogP contribution is 2.27. The Morgan fingerprint density at radius 1 is 1.07 bits per heavy atom. The fraction of sp³-hybridized carbons (Fsp3) is 1.00. The van der Waals surface area contributed by atoms with Gasteiger partial charge in [-0.3, -0.25) is 0 Å². The van der Waals surface area contributed by atoms with Gasteiger partial charge in [-0.05, 0) is 29.3 Å². The van der Waals surface area contributed by atoms with E-state index in [0.717, 1.165) is 25.7 Å². The van der Waals surface area contributed by atoms with Crippen LogP contribution >= 0.6 is 0 Å². The van der Waals surface area contributed by atoms with Crippen LogP contribution < -0.4 is 0 Å². The summed E-state index contributed by atoms with van der Waals surface area (Å²) in [5.74, 6) is 0. The first kappa shape index (κ1) is 13.8. The Morgan fingerprint density at radius 3 is 2.14 bits per heavy atom. The lowest BCUT2D eigenvalue weighted by atomic mass is 9.91. The first-order valence-corrected chi connectivity index (χ1v) is 5.40. The van der Waals surface area contributed by atoms with Gasteiger partial charge >= 0.3 is 0 Å². The van der Waals surface area contributed by atoms with E-state index in [1.165, 1.54) is 12.8 Å². The molecule has 0 aromatic rings. The van der Waals surface area contributed by atoms with Crippen LogP contribution in [0.4, 0.5) is 0 Å². The van der Waals surface area contributed by atoms with E-state index < -0.39 is 0 Å². The van der Waals surface area contributed by atoms with Crippen molar-refractivity contribution in [3.05, 3.63) is 0 Å². The van der Waals surface area contributed by atoms with Gasteiger partial charge in [0.1, 0.15) is 5.60 Å². The lowest BCUT2D eigenvalue weighted by Crippen LogP contribution is -2.31. The fourth-order valence-electron chi connectivity index (χ4n) is 1.55. The van der Waals surface area contributed by atoms with Crippen LogP contribution in [0.15, 0.2) is 0 Å². The Kier molecular flexibility index (Phi) is 8.08. The Hall–Kier alpha value is -0.160. The first-order chi connectivity index (χ1) is 6.74. The Labute approximate surface area is 85.9 Å². The van der Waals surface area contributed by atoms with Crippen LogP contribution in [-0.4, -0.2) is 10.9 Å². The Morgan fingerprint density at radius 2 is 1.71 bits per heavy atom. The van der Waals surface area contributed by atoms with Crippen molar-refractivity contribution < 1.29 is 20.2 Å². The van der Waals surface area contributed by atoms with Gasteiger partial charge < -0.3 is 0 Å². The van der Waals surface area contributed by atoms with E-state index >= 15 is 0 Å². The normalized spacial score (nSPS) is 12.0. The molecule has 4 nitrogen and oxygen atoms in total. The van der Waals surface area contributed by atoms with Crippen molar-refractivity contribution in [3.63, 3.8) is 0 Å². The maximum Gasteiger partial charge on any atom is 0.106 e. The molecule has 0 bridgehead atoms. The van der Waals surface area contributed by atoms with E-state index in [4.69, 9.17) is 10.1 Å². The summed E-state index contributed by atoms with van der Waals surface area (Å²) in [6.45, 7) is 6.24. The van der Waals surface area contributed by atoms with Gasteiger partial charge in [-0.25, -0.2) is 5.26 Å². The van der Waals surface area contributed by atoms with E-state index in [2.05, 4.69) is 17.0 Å². The van der Waals surface area contributed by atoms with Gasteiger partial charge in [0.15, 0.2) is 0 Å². The number of hydrogen-bond donors (Lipinski definition) is 1. The van der Waals surface area contributed by atoms with Crippen molar-refractivity contribution in [3.8, 4) is 0 Å². The van der Waals surface area contributed by atoms with Crippen LogP contribution in [0, 0.1) is 0 Å². The third-order valence-electron chi connectivity index (χ3n) is 2.77. The monoisotopic (exact) mass is 206 g/mol. The molecule has 0 rings (SSSR count). The molecule has 0 radical (unpaired) electrons. The highest BCUT2D eigenvalue weighted by atomic mass is 17.6. The fourth-order valence-corrected chi connectivity index (χ4v) is 1.55. The van der Waals surface area contributed by atoms with Crippen molar-refractivity contribution >= 4 is 0 Å². The number of unbranched alkanes of at least 4 members (excludes halogenated alkanes) is 2. The molecule has 0 aromatic carbocycles. The lowest BCUT2D eigenvalue weighted by Gasteiger charge is -2.28. The SMILES string of the molecule is CCCCCC(CC)(CC)OOOO. The molecule has 0 aromatic heterocycles. The molecule has 0 amide bonds. The summed E-state index contributed by atoms with van der Waals surface area (Å²) < 4.78 is 0. The molecule has 4 heteroatoms. The molecule has 0 saturated carbocycles. The molecule has 0 fully saturated rings. The molecule has 0 aliphatic rings. The van der Waals surface area contributed by atoms with Crippen molar-refractivity contribution in [1.82, 2.24) is 0 Å². The summed E-state index contributed by atoms with van der Waals surface area (Å²) in [6.07, 6.45) is 6.09. The Bertz CT molecular complexity index is 123. The van der Waals surface area contributed by atoms with Crippen LogP contribution in [0.25, 0.3) is 0 Å². The molecule has 0 atom stereocenters.